The van der Waals surface area contributed by atoms with Crippen LogP contribution >= 0.6 is 0 Å². The summed E-state index contributed by atoms with van der Waals surface area (Å²) in [6.45, 7) is 8.93. The number of ether oxygens (including phenoxy) is 4. The van der Waals surface area contributed by atoms with Crippen LogP contribution in [0.4, 0.5) is 0 Å². The molecule has 0 fully saturated rings. The number of rotatable bonds is 15. The molecule has 6 heteroatoms. The highest BCUT2D eigenvalue weighted by Gasteiger charge is 1.93. The average Bonchev–Trinajstić information content (AvgIpc) is 2.51. The SMILES string of the molecule is C=C(COC)OCCCCCC.OCCOCCOCCO. The fraction of sp³-hybridized carbons (Fsp3) is 0.875. The minimum absolute atomic E-state index is 0.0417. The van der Waals surface area contributed by atoms with E-state index in [0.717, 1.165) is 18.8 Å². The van der Waals surface area contributed by atoms with E-state index >= 15 is 0 Å². The highest BCUT2D eigenvalue weighted by molar-refractivity contribution is 4.81. The Balaban J connectivity index is 0. The van der Waals surface area contributed by atoms with E-state index in [1.54, 1.807) is 7.11 Å². The van der Waals surface area contributed by atoms with Gasteiger partial charge in [0.05, 0.1) is 46.2 Å². The molecule has 0 saturated carbocycles. The minimum Gasteiger partial charge on any atom is -0.496 e. The minimum atomic E-state index is 0.0417. The van der Waals surface area contributed by atoms with Gasteiger partial charge in [0.2, 0.25) is 0 Å². The van der Waals surface area contributed by atoms with Crippen LogP contribution in [-0.2, 0) is 18.9 Å². The van der Waals surface area contributed by atoms with Crippen LogP contribution in [0.2, 0.25) is 0 Å². The molecule has 0 aromatic carbocycles. The average molecular weight is 322 g/mol. The van der Waals surface area contributed by atoms with Crippen LogP contribution < -0.4 is 0 Å². The zero-order valence-electron chi connectivity index (χ0n) is 14.2. The highest BCUT2D eigenvalue weighted by Crippen LogP contribution is 2.01. The third-order valence-corrected chi connectivity index (χ3v) is 2.45. The summed E-state index contributed by atoms with van der Waals surface area (Å²) in [6, 6.07) is 0. The van der Waals surface area contributed by atoms with Gasteiger partial charge in [-0.25, -0.2) is 0 Å². The maximum Gasteiger partial charge on any atom is 0.114 e. The first-order valence-corrected chi connectivity index (χ1v) is 7.89. The van der Waals surface area contributed by atoms with Crippen molar-refractivity contribution in [3.63, 3.8) is 0 Å². The van der Waals surface area contributed by atoms with Crippen molar-refractivity contribution < 1.29 is 29.2 Å². The van der Waals surface area contributed by atoms with Gasteiger partial charge in [-0.1, -0.05) is 32.8 Å². The monoisotopic (exact) mass is 322 g/mol. The van der Waals surface area contributed by atoms with Crippen molar-refractivity contribution in [1.29, 1.82) is 0 Å². The molecule has 22 heavy (non-hydrogen) atoms. The van der Waals surface area contributed by atoms with E-state index in [-0.39, 0.29) is 13.2 Å². The molecule has 0 radical (unpaired) electrons. The van der Waals surface area contributed by atoms with E-state index in [1.165, 1.54) is 19.3 Å². The van der Waals surface area contributed by atoms with Crippen LogP contribution in [0.25, 0.3) is 0 Å². The van der Waals surface area contributed by atoms with Gasteiger partial charge in [-0.15, -0.1) is 0 Å². The second kappa shape index (κ2) is 22.6. The largest absolute Gasteiger partial charge is 0.496 e. The van der Waals surface area contributed by atoms with Crippen LogP contribution in [0, 0.1) is 0 Å². The summed E-state index contributed by atoms with van der Waals surface area (Å²) < 4.78 is 19.9. The van der Waals surface area contributed by atoms with Gasteiger partial charge in [-0.2, -0.15) is 0 Å². The van der Waals surface area contributed by atoms with E-state index in [2.05, 4.69) is 13.5 Å². The molecule has 0 bridgehead atoms. The summed E-state index contributed by atoms with van der Waals surface area (Å²) in [5.74, 6) is 0.731. The van der Waals surface area contributed by atoms with Crippen molar-refractivity contribution in [3.05, 3.63) is 12.3 Å². The number of aliphatic hydroxyl groups excluding tert-OH is 2. The first-order chi connectivity index (χ1) is 10.7. The number of hydrogen-bond acceptors (Lipinski definition) is 6. The predicted octanol–water partition coefficient (Wildman–Crippen LogP) is 1.75. The summed E-state index contributed by atoms with van der Waals surface area (Å²) in [7, 11) is 1.64. The van der Waals surface area contributed by atoms with Gasteiger partial charge in [-0.3, -0.25) is 0 Å². The lowest BCUT2D eigenvalue weighted by molar-refractivity contribution is 0.0222. The quantitative estimate of drug-likeness (QED) is 0.353. The number of unbranched alkanes of at least 4 members (excludes halogenated alkanes) is 3. The molecule has 0 aliphatic rings. The molecule has 0 aromatic rings. The molecule has 0 aromatic heterocycles. The van der Waals surface area contributed by atoms with Crippen LogP contribution in [0.15, 0.2) is 12.3 Å². The zero-order chi connectivity index (χ0) is 16.9. The molecular weight excluding hydrogens is 288 g/mol. The van der Waals surface area contributed by atoms with E-state index in [0.29, 0.717) is 33.0 Å². The number of hydrogen-bond donors (Lipinski definition) is 2. The Bertz CT molecular complexity index is 203. The van der Waals surface area contributed by atoms with Crippen molar-refractivity contribution in [2.75, 3.05) is 60.0 Å². The van der Waals surface area contributed by atoms with Crippen molar-refractivity contribution in [2.24, 2.45) is 0 Å². The van der Waals surface area contributed by atoms with E-state index in [1.807, 2.05) is 0 Å². The zero-order valence-corrected chi connectivity index (χ0v) is 14.2. The van der Waals surface area contributed by atoms with Gasteiger partial charge < -0.3 is 29.2 Å². The van der Waals surface area contributed by atoms with Gasteiger partial charge >= 0.3 is 0 Å². The molecule has 0 spiro atoms. The fourth-order valence-corrected chi connectivity index (χ4v) is 1.40. The molecule has 0 saturated heterocycles. The molecule has 6 nitrogen and oxygen atoms in total. The lowest BCUT2D eigenvalue weighted by atomic mass is 10.2. The van der Waals surface area contributed by atoms with E-state index in [9.17, 15) is 0 Å². The predicted molar refractivity (Wildman–Crippen MR) is 86.9 cm³/mol. The smallest absolute Gasteiger partial charge is 0.114 e. The molecule has 0 amide bonds. The van der Waals surface area contributed by atoms with Crippen LogP contribution in [-0.4, -0.2) is 70.2 Å². The molecule has 0 atom stereocenters. The summed E-state index contributed by atoms with van der Waals surface area (Å²) in [6.07, 6.45) is 4.92. The first kappa shape index (κ1) is 23.6. The van der Waals surface area contributed by atoms with Gasteiger partial charge in [0, 0.05) is 7.11 Å². The van der Waals surface area contributed by atoms with E-state index in [4.69, 9.17) is 29.2 Å². The Morgan fingerprint density at radius 2 is 1.45 bits per heavy atom. The third kappa shape index (κ3) is 24.4. The molecule has 134 valence electrons. The van der Waals surface area contributed by atoms with Gasteiger partial charge in [0.25, 0.3) is 0 Å². The third-order valence-electron chi connectivity index (χ3n) is 2.45. The summed E-state index contributed by atoms with van der Waals surface area (Å²) in [4.78, 5) is 0. The highest BCUT2D eigenvalue weighted by atomic mass is 16.5. The van der Waals surface area contributed by atoms with Crippen LogP contribution in [0.5, 0.6) is 0 Å². The maximum absolute atomic E-state index is 8.26. The maximum atomic E-state index is 8.26. The van der Waals surface area contributed by atoms with Crippen molar-refractivity contribution >= 4 is 0 Å². The Morgan fingerprint density at radius 1 is 0.864 bits per heavy atom. The molecule has 0 unspecified atom stereocenters. The Kier molecular flexibility index (Phi) is 24.3. The van der Waals surface area contributed by atoms with Gasteiger partial charge in [0.15, 0.2) is 0 Å². The summed E-state index contributed by atoms with van der Waals surface area (Å²) >= 11 is 0. The van der Waals surface area contributed by atoms with Crippen LogP contribution in [0.3, 0.4) is 0 Å². The van der Waals surface area contributed by atoms with Gasteiger partial charge in [0.1, 0.15) is 12.4 Å². The van der Waals surface area contributed by atoms with E-state index < -0.39 is 0 Å². The standard InChI is InChI=1S/C10H20O2.C6H14O4/c1-4-5-6-7-8-12-10(2)9-11-3;7-1-3-9-5-6-10-4-2-8/h2,4-9H2,1,3H3;7-8H,1-6H2. The second-order valence-electron chi connectivity index (χ2n) is 4.55. The Morgan fingerprint density at radius 3 is 1.91 bits per heavy atom. The fourth-order valence-electron chi connectivity index (χ4n) is 1.40. The molecule has 0 heterocycles. The first-order valence-electron chi connectivity index (χ1n) is 7.89. The Labute approximate surface area is 135 Å². The topological polar surface area (TPSA) is 77.4 Å². The summed E-state index contributed by atoms with van der Waals surface area (Å²) in [5, 5.41) is 16.5. The van der Waals surface area contributed by atoms with Crippen molar-refractivity contribution in [3.8, 4) is 0 Å². The molecule has 2 N–H and O–H groups in total. The normalized spacial score (nSPS) is 10.0. The Hall–Kier alpha value is -0.660. The lowest BCUT2D eigenvalue weighted by Gasteiger charge is -2.07. The number of methoxy groups -OCH3 is 1. The van der Waals surface area contributed by atoms with Crippen LogP contribution in [0.1, 0.15) is 32.6 Å². The molecule has 0 rings (SSSR count). The lowest BCUT2D eigenvalue weighted by Crippen LogP contribution is -2.09. The van der Waals surface area contributed by atoms with Gasteiger partial charge in [-0.05, 0) is 6.42 Å². The summed E-state index contributed by atoms with van der Waals surface area (Å²) in [5.41, 5.74) is 0. The molecule has 0 aliphatic heterocycles. The second-order valence-corrected chi connectivity index (χ2v) is 4.55. The van der Waals surface area contributed by atoms with Crippen molar-refractivity contribution in [1.82, 2.24) is 0 Å². The van der Waals surface area contributed by atoms with Crippen molar-refractivity contribution in [2.45, 2.75) is 32.6 Å². The number of aliphatic hydroxyl groups is 2. The molecular formula is C16H34O6. The molecule has 0 aliphatic carbocycles.